The van der Waals surface area contributed by atoms with Crippen molar-refractivity contribution in [2.24, 2.45) is 0 Å². The minimum atomic E-state index is -0.436. The Morgan fingerprint density at radius 3 is 1.97 bits per heavy atom. The normalized spacial score (nSPS) is 21.3. The summed E-state index contributed by atoms with van der Waals surface area (Å²) >= 11 is 0. The summed E-state index contributed by atoms with van der Waals surface area (Å²) in [7, 11) is 1.64. The molecule has 0 amide bonds. The standard InChI is InChI=1S/C26H48O4/c1-5-6-7-8-9-11-14-17-20-24-25(30-26(2,3)29-24)21-18-15-12-10-13-16-19-22-28-23-27-4/h12,15-16,19,24-25H,5-11,13-14,17-18,20-23H2,1-4H3/b15-12+,19-16+/t24-,25+/m0/s1. The summed E-state index contributed by atoms with van der Waals surface area (Å²) in [4.78, 5) is 0. The van der Waals surface area contributed by atoms with Crippen LogP contribution in [-0.4, -0.2) is 38.5 Å². The molecule has 0 radical (unpaired) electrons. The zero-order chi connectivity index (χ0) is 21.9. The van der Waals surface area contributed by atoms with Crippen LogP contribution >= 0.6 is 0 Å². The van der Waals surface area contributed by atoms with Gasteiger partial charge in [-0.25, -0.2) is 0 Å². The molecule has 1 heterocycles. The number of hydrogen-bond acceptors (Lipinski definition) is 4. The summed E-state index contributed by atoms with van der Waals surface area (Å²) in [5.74, 6) is -0.436. The smallest absolute Gasteiger partial charge is 0.163 e. The Kier molecular flexibility index (Phi) is 16.4. The second-order valence-corrected chi connectivity index (χ2v) is 8.85. The molecule has 1 fully saturated rings. The molecule has 4 heteroatoms. The van der Waals surface area contributed by atoms with Crippen molar-refractivity contribution in [3.05, 3.63) is 24.3 Å². The van der Waals surface area contributed by atoms with Gasteiger partial charge in [-0.2, -0.15) is 0 Å². The molecule has 4 nitrogen and oxygen atoms in total. The van der Waals surface area contributed by atoms with E-state index in [0.29, 0.717) is 13.4 Å². The first kappa shape index (κ1) is 27.4. The Morgan fingerprint density at radius 1 is 0.733 bits per heavy atom. The van der Waals surface area contributed by atoms with Crippen molar-refractivity contribution in [1.29, 1.82) is 0 Å². The molecule has 1 rings (SSSR count). The molecule has 1 saturated heterocycles. The highest BCUT2D eigenvalue weighted by atomic mass is 16.7. The average Bonchev–Trinajstić information content (AvgIpc) is 3.01. The van der Waals surface area contributed by atoms with Crippen molar-refractivity contribution in [2.75, 3.05) is 20.5 Å². The minimum Gasteiger partial charge on any atom is -0.359 e. The van der Waals surface area contributed by atoms with E-state index < -0.39 is 5.79 Å². The zero-order valence-electron chi connectivity index (χ0n) is 20.2. The summed E-state index contributed by atoms with van der Waals surface area (Å²) in [5, 5.41) is 0. The molecule has 0 saturated carbocycles. The molecule has 0 aliphatic carbocycles. The van der Waals surface area contributed by atoms with E-state index in [1.54, 1.807) is 7.11 Å². The van der Waals surface area contributed by atoms with Crippen molar-refractivity contribution in [1.82, 2.24) is 0 Å². The predicted molar refractivity (Wildman–Crippen MR) is 126 cm³/mol. The average molecular weight is 425 g/mol. The van der Waals surface area contributed by atoms with Gasteiger partial charge in [0.1, 0.15) is 6.79 Å². The van der Waals surface area contributed by atoms with E-state index in [1.807, 2.05) is 13.8 Å². The van der Waals surface area contributed by atoms with Gasteiger partial charge >= 0.3 is 0 Å². The summed E-state index contributed by atoms with van der Waals surface area (Å²) in [6.07, 6.45) is 25.4. The Balaban J connectivity index is 2.13. The van der Waals surface area contributed by atoms with E-state index >= 15 is 0 Å². The Bertz CT molecular complexity index is 444. The monoisotopic (exact) mass is 424 g/mol. The summed E-state index contributed by atoms with van der Waals surface area (Å²) in [6.45, 7) is 7.34. The van der Waals surface area contributed by atoms with Crippen molar-refractivity contribution in [2.45, 2.75) is 122 Å². The molecule has 2 atom stereocenters. The van der Waals surface area contributed by atoms with Crippen LogP contribution in [0, 0.1) is 0 Å². The van der Waals surface area contributed by atoms with Crippen LogP contribution in [0.3, 0.4) is 0 Å². The van der Waals surface area contributed by atoms with Crippen LogP contribution in [0.5, 0.6) is 0 Å². The fourth-order valence-corrected chi connectivity index (χ4v) is 3.95. The molecule has 1 aliphatic heterocycles. The first-order valence-corrected chi connectivity index (χ1v) is 12.3. The lowest BCUT2D eigenvalue weighted by atomic mass is 10.0. The molecule has 0 unspecified atom stereocenters. The van der Waals surface area contributed by atoms with Crippen LogP contribution in [0.15, 0.2) is 24.3 Å². The fraction of sp³-hybridized carbons (Fsp3) is 0.846. The van der Waals surface area contributed by atoms with Gasteiger partial charge in [-0.15, -0.1) is 0 Å². The van der Waals surface area contributed by atoms with Crippen molar-refractivity contribution >= 4 is 0 Å². The van der Waals surface area contributed by atoms with Gasteiger partial charge in [0.25, 0.3) is 0 Å². The highest BCUT2D eigenvalue weighted by molar-refractivity contribution is 4.90. The molecule has 30 heavy (non-hydrogen) atoms. The summed E-state index contributed by atoms with van der Waals surface area (Å²) in [5.41, 5.74) is 0. The second kappa shape index (κ2) is 17.9. The maximum Gasteiger partial charge on any atom is 0.163 e. The SMILES string of the molecule is CCCCCCCCCC[C@@H]1OC(C)(C)O[C@@H]1CC/C=C/CC/C=C/COCOC. The Morgan fingerprint density at radius 2 is 1.30 bits per heavy atom. The number of ether oxygens (including phenoxy) is 4. The topological polar surface area (TPSA) is 36.9 Å². The van der Waals surface area contributed by atoms with E-state index in [1.165, 1.54) is 51.4 Å². The van der Waals surface area contributed by atoms with Crippen LogP contribution in [0.1, 0.15) is 104 Å². The minimum absolute atomic E-state index is 0.229. The van der Waals surface area contributed by atoms with Crippen LogP contribution in [0.2, 0.25) is 0 Å². The molecule has 1 aliphatic rings. The van der Waals surface area contributed by atoms with E-state index in [-0.39, 0.29) is 12.2 Å². The highest BCUT2D eigenvalue weighted by Crippen LogP contribution is 2.33. The van der Waals surface area contributed by atoms with Crippen LogP contribution in [0.4, 0.5) is 0 Å². The molecular formula is C26H48O4. The third-order valence-electron chi connectivity index (χ3n) is 5.49. The third-order valence-corrected chi connectivity index (χ3v) is 5.49. The third kappa shape index (κ3) is 14.3. The lowest BCUT2D eigenvalue weighted by Gasteiger charge is -2.16. The molecule has 0 aromatic rings. The van der Waals surface area contributed by atoms with Crippen molar-refractivity contribution in [3.63, 3.8) is 0 Å². The van der Waals surface area contributed by atoms with Crippen LogP contribution in [-0.2, 0) is 18.9 Å². The van der Waals surface area contributed by atoms with Gasteiger partial charge in [0, 0.05) is 7.11 Å². The number of allylic oxidation sites excluding steroid dienone is 3. The van der Waals surface area contributed by atoms with E-state index in [4.69, 9.17) is 18.9 Å². The zero-order valence-corrected chi connectivity index (χ0v) is 20.2. The van der Waals surface area contributed by atoms with Crippen molar-refractivity contribution < 1.29 is 18.9 Å². The van der Waals surface area contributed by atoms with Gasteiger partial charge in [0.05, 0.1) is 18.8 Å². The van der Waals surface area contributed by atoms with Crippen LogP contribution < -0.4 is 0 Å². The van der Waals surface area contributed by atoms with Gasteiger partial charge < -0.3 is 18.9 Å². The molecule has 0 aromatic heterocycles. The van der Waals surface area contributed by atoms with Gasteiger partial charge in [-0.05, 0) is 46.0 Å². The first-order valence-electron chi connectivity index (χ1n) is 12.3. The molecule has 0 N–H and O–H groups in total. The van der Waals surface area contributed by atoms with Gasteiger partial charge in [-0.1, -0.05) is 82.6 Å². The molecular weight excluding hydrogens is 376 g/mol. The van der Waals surface area contributed by atoms with E-state index in [0.717, 1.165) is 32.1 Å². The summed E-state index contributed by atoms with van der Waals surface area (Å²) in [6, 6.07) is 0. The fourth-order valence-electron chi connectivity index (χ4n) is 3.95. The largest absolute Gasteiger partial charge is 0.359 e. The maximum absolute atomic E-state index is 6.20. The molecule has 176 valence electrons. The second-order valence-electron chi connectivity index (χ2n) is 8.85. The quantitative estimate of drug-likeness (QED) is 0.124. The Labute approximate surface area is 186 Å². The summed E-state index contributed by atoms with van der Waals surface area (Å²) < 4.78 is 22.4. The van der Waals surface area contributed by atoms with Gasteiger partial charge in [0.15, 0.2) is 5.79 Å². The van der Waals surface area contributed by atoms with E-state index in [2.05, 4.69) is 31.2 Å². The molecule has 0 aromatic carbocycles. The first-order chi connectivity index (χ1) is 14.6. The van der Waals surface area contributed by atoms with Gasteiger partial charge in [-0.3, -0.25) is 0 Å². The maximum atomic E-state index is 6.20. The number of methoxy groups -OCH3 is 1. The number of unbranched alkanes of at least 4 members (excludes halogenated alkanes) is 8. The number of rotatable bonds is 19. The predicted octanol–water partition coefficient (Wildman–Crippen LogP) is 7.33. The van der Waals surface area contributed by atoms with Crippen LogP contribution in [0.25, 0.3) is 0 Å². The lowest BCUT2D eigenvalue weighted by molar-refractivity contribution is -0.147. The lowest BCUT2D eigenvalue weighted by Crippen LogP contribution is -2.22. The highest BCUT2D eigenvalue weighted by Gasteiger charge is 2.40. The Hall–Kier alpha value is -0.680. The van der Waals surface area contributed by atoms with E-state index in [9.17, 15) is 0 Å². The van der Waals surface area contributed by atoms with Gasteiger partial charge in [0.2, 0.25) is 0 Å². The van der Waals surface area contributed by atoms with Crippen molar-refractivity contribution in [3.8, 4) is 0 Å². The molecule has 0 bridgehead atoms. The number of hydrogen-bond donors (Lipinski definition) is 0. The molecule has 0 spiro atoms.